The summed E-state index contributed by atoms with van der Waals surface area (Å²) in [6.45, 7) is 9.76. The molecule has 0 bridgehead atoms. The second kappa shape index (κ2) is 9.44. The van der Waals surface area contributed by atoms with Crippen molar-refractivity contribution in [1.29, 1.82) is 0 Å². The molecular weight excluding hydrogens is 384 g/mol. The van der Waals surface area contributed by atoms with E-state index in [0.717, 1.165) is 29.4 Å². The van der Waals surface area contributed by atoms with Gasteiger partial charge >= 0.3 is 0 Å². The van der Waals surface area contributed by atoms with Crippen molar-refractivity contribution in [2.75, 3.05) is 10.6 Å². The smallest absolute Gasteiger partial charge is 0.244 e. The molecule has 0 saturated carbocycles. The molecule has 158 valence electrons. The van der Waals surface area contributed by atoms with Crippen LogP contribution in [-0.4, -0.2) is 26.6 Å². The molecule has 0 aromatic heterocycles. The first kappa shape index (κ1) is 22.9. The number of sulfonamides is 1. The van der Waals surface area contributed by atoms with Gasteiger partial charge in [-0.15, -0.1) is 0 Å². The first-order valence-electron chi connectivity index (χ1n) is 10.0. The van der Waals surface area contributed by atoms with Gasteiger partial charge in [-0.25, -0.2) is 8.42 Å². The largest absolute Gasteiger partial charge is 0.347 e. The number of nitrogens with zero attached hydrogens (tertiary/aromatic N) is 1. The van der Waals surface area contributed by atoms with Gasteiger partial charge in [-0.1, -0.05) is 44.2 Å². The molecule has 1 N–H and O–H groups in total. The number of rotatable bonds is 8. The molecule has 0 fully saturated rings. The van der Waals surface area contributed by atoms with Gasteiger partial charge in [-0.05, 0) is 68.0 Å². The van der Waals surface area contributed by atoms with Crippen LogP contribution in [0.15, 0.2) is 42.5 Å². The molecule has 2 aromatic rings. The summed E-state index contributed by atoms with van der Waals surface area (Å²) in [5.41, 5.74) is 4.99. The lowest BCUT2D eigenvalue weighted by atomic mass is 9.99. The fourth-order valence-electron chi connectivity index (χ4n) is 3.38. The van der Waals surface area contributed by atoms with Crippen LogP contribution in [-0.2, 0) is 21.2 Å². The lowest BCUT2D eigenvalue weighted by Crippen LogP contribution is -2.48. The molecule has 0 heterocycles. The van der Waals surface area contributed by atoms with Crippen LogP contribution < -0.4 is 9.62 Å². The van der Waals surface area contributed by atoms with Crippen molar-refractivity contribution in [3.63, 3.8) is 0 Å². The summed E-state index contributed by atoms with van der Waals surface area (Å²) in [5.74, 6) is -0.319. The zero-order valence-corrected chi connectivity index (χ0v) is 19.0. The Balaban J connectivity index is 2.28. The minimum absolute atomic E-state index is 0.173. The fraction of sp³-hybridized carbons (Fsp3) is 0.435. The van der Waals surface area contributed by atoms with E-state index in [2.05, 4.69) is 18.3 Å². The van der Waals surface area contributed by atoms with Gasteiger partial charge in [0, 0.05) is 0 Å². The Morgan fingerprint density at radius 1 is 1.03 bits per heavy atom. The monoisotopic (exact) mass is 416 g/mol. The van der Waals surface area contributed by atoms with E-state index >= 15 is 0 Å². The maximum absolute atomic E-state index is 13.0. The van der Waals surface area contributed by atoms with Crippen molar-refractivity contribution in [3.8, 4) is 0 Å². The van der Waals surface area contributed by atoms with E-state index in [9.17, 15) is 13.2 Å². The number of benzene rings is 2. The predicted molar refractivity (Wildman–Crippen MR) is 120 cm³/mol. The summed E-state index contributed by atoms with van der Waals surface area (Å²) < 4.78 is 26.2. The molecule has 5 nitrogen and oxygen atoms in total. The lowest BCUT2D eigenvalue weighted by Gasteiger charge is -2.30. The van der Waals surface area contributed by atoms with Crippen LogP contribution in [0.3, 0.4) is 0 Å². The second-order valence-electron chi connectivity index (χ2n) is 7.57. The average Bonchev–Trinajstić information content (AvgIpc) is 2.67. The first-order chi connectivity index (χ1) is 13.6. The highest BCUT2D eigenvalue weighted by atomic mass is 32.2. The number of nitrogens with one attached hydrogen (secondary N) is 1. The molecule has 0 saturated heterocycles. The third-order valence-electron chi connectivity index (χ3n) is 5.35. The van der Waals surface area contributed by atoms with Crippen molar-refractivity contribution in [1.82, 2.24) is 5.32 Å². The van der Waals surface area contributed by atoms with Crippen molar-refractivity contribution in [2.24, 2.45) is 0 Å². The summed E-state index contributed by atoms with van der Waals surface area (Å²) in [6, 6.07) is 12.4. The van der Waals surface area contributed by atoms with Crippen LogP contribution >= 0.6 is 0 Å². The summed E-state index contributed by atoms with van der Waals surface area (Å²) in [4.78, 5) is 13.0. The molecule has 2 aromatic carbocycles. The van der Waals surface area contributed by atoms with Crippen LogP contribution in [0.2, 0.25) is 0 Å². The van der Waals surface area contributed by atoms with Crippen molar-refractivity contribution >= 4 is 21.6 Å². The molecule has 0 aliphatic carbocycles. The highest BCUT2D eigenvalue weighted by molar-refractivity contribution is 7.92. The topological polar surface area (TPSA) is 66.5 Å². The van der Waals surface area contributed by atoms with Gasteiger partial charge in [0.25, 0.3) is 0 Å². The normalized spacial score (nSPS) is 13.6. The molecule has 2 atom stereocenters. The van der Waals surface area contributed by atoms with Crippen molar-refractivity contribution < 1.29 is 13.2 Å². The first-order valence-corrected chi connectivity index (χ1v) is 11.9. The van der Waals surface area contributed by atoms with E-state index in [0.29, 0.717) is 12.1 Å². The highest BCUT2D eigenvalue weighted by Gasteiger charge is 2.30. The quantitative estimate of drug-likeness (QED) is 0.698. The Labute approximate surface area is 175 Å². The SMILES string of the molecule is CCc1ccc(N([C@@H](C)C(=O)N[C@@H](CC)c2ccc(C)c(C)c2)S(C)(=O)=O)cc1. The number of aryl methyl sites for hydroxylation is 3. The minimum atomic E-state index is -3.63. The van der Waals surface area contributed by atoms with E-state index in [4.69, 9.17) is 0 Å². The maximum Gasteiger partial charge on any atom is 0.244 e. The number of anilines is 1. The molecule has 6 heteroatoms. The van der Waals surface area contributed by atoms with Gasteiger partial charge in [-0.2, -0.15) is 0 Å². The van der Waals surface area contributed by atoms with Crippen molar-refractivity contribution in [3.05, 3.63) is 64.7 Å². The van der Waals surface area contributed by atoms with Crippen molar-refractivity contribution in [2.45, 2.75) is 59.5 Å². The number of carbonyl (C=O) groups excluding carboxylic acids is 1. The average molecular weight is 417 g/mol. The van der Waals surface area contributed by atoms with Gasteiger partial charge in [0.1, 0.15) is 6.04 Å². The third kappa shape index (κ3) is 5.60. The number of carbonyl (C=O) groups is 1. The maximum atomic E-state index is 13.0. The summed E-state index contributed by atoms with van der Waals surface area (Å²) in [5, 5.41) is 3.03. The molecule has 0 spiro atoms. The van der Waals surface area contributed by atoms with E-state index < -0.39 is 16.1 Å². The van der Waals surface area contributed by atoms with Crippen LogP contribution in [0.25, 0.3) is 0 Å². The van der Waals surface area contributed by atoms with E-state index in [1.807, 2.05) is 45.0 Å². The van der Waals surface area contributed by atoms with Crippen LogP contribution in [0.4, 0.5) is 5.69 Å². The van der Waals surface area contributed by atoms with E-state index in [-0.39, 0.29) is 11.9 Å². The Bertz CT molecular complexity index is 953. The molecular formula is C23H32N2O3S. The lowest BCUT2D eigenvalue weighted by molar-refractivity contribution is -0.122. The van der Waals surface area contributed by atoms with Gasteiger partial charge in [-0.3, -0.25) is 9.10 Å². The second-order valence-corrected chi connectivity index (χ2v) is 9.43. The Hall–Kier alpha value is -2.34. The minimum Gasteiger partial charge on any atom is -0.347 e. The van der Waals surface area contributed by atoms with E-state index in [1.165, 1.54) is 9.87 Å². The molecule has 2 rings (SSSR count). The van der Waals surface area contributed by atoms with Gasteiger partial charge in [0.15, 0.2) is 0 Å². The Morgan fingerprint density at radius 2 is 1.66 bits per heavy atom. The van der Waals surface area contributed by atoms with E-state index in [1.54, 1.807) is 19.1 Å². The molecule has 1 amide bonds. The number of amides is 1. The Kier molecular flexibility index (Phi) is 7.47. The number of hydrogen-bond donors (Lipinski definition) is 1. The Morgan fingerprint density at radius 3 is 2.14 bits per heavy atom. The standard InChI is InChI=1S/C23H32N2O3S/c1-7-19-10-13-21(14-11-19)25(29(6,27)28)18(5)23(26)24-22(8-2)20-12-9-16(3)17(4)15-20/h9-15,18,22H,7-8H2,1-6H3,(H,24,26)/t18-,22-/m0/s1. The number of hydrogen-bond acceptors (Lipinski definition) is 3. The summed E-state index contributed by atoms with van der Waals surface area (Å²) >= 11 is 0. The molecule has 0 aliphatic heterocycles. The van der Waals surface area contributed by atoms with Crippen LogP contribution in [0.1, 0.15) is 55.5 Å². The van der Waals surface area contributed by atoms with Crippen LogP contribution in [0, 0.1) is 13.8 Å². The fourth-order valence-corrected chi connectivity index (χ4v) is 4.56. The van der Waals surface area contributed by atoms with Gasteiger partial charge < -0.3 is 5.32 Å². The molecule has 29 heavy (non-hydrogen) atoms. The summed E-state index contributed by atoms with van der Waals surface area (Å²) in [7, 11) is -3.63. The highest BCUT2D eigenvalue weighted by Crippen LogP contribution is 2.24. The zero-order valence-electron chi connectivity index (χ0n) is 18.2. The van der Waals surface area contributed by atoms with Gasteiger partial charge in [0.2, 0.25) is 15.9 Å². The van der Waals surface area contributed by atoms with Crippen LogP contribution in [0.5, 0.6) is 0 Å². The molecule has 0 unspecified atom stereocenters. The summed E-state index contributed by atoms with van der Waals surface area (Å²) in [6.07, 6.45) is 2.71. The van der Waals surface area contributed by atoms with Gasteiger partial charge in [0.05, 0.1) is 18.0 Å². The predicted octanol–water partition coefficient (Wildman–Crippen LogP) is 4.29. The molecule has 0 radical (unpaired) electrons. The third-order valence-corrected chi connectivity index (χ3v) is 6.59. The zero-order chi connectivity index (χ0) is 21.8. The molecule has 0 aliphatic rings.